The number of fused-ring (bicyclic) bond motifs is 3. The fourth-order valence-corrected chi connectivity index (χ4v) is 5.00. The maximum atomic E-state index is 12.7. The van der Waals surface area contributed by atoms with Crippen molar-refractivity contribution in [2.45, 2.75) is 32.4 Å². The zero-order valence-corrected chi connectivity index (χ0v) is 15.0. The molecule has 2 aromatic rings. The highest BCUT2D eigenvalue weighted by Crippen LogP contribution is 2.42. The number of ether oxygens (including phenoxy) is 1. The lowest BCUT2D eigenvalue weighted by atomic mass is 9.88. The van der Waals surface area contributed by atoms with Crippen LogP contribution in [0.1, 0.15) is 56.2 Å². The van der Waals surface area contributed by atoms with Gasteiger partial charge in [-0.3, -0.25) is 4.79 Å². The van der Waals surface area contributed by atoms with Crippen LogP contribution in [0.25, 0.3) is 0 Å². The standard InChI is InChI=1S/C19H20N2O3S/c1-10-3-8-13-14(9-10)25-18-15(13)17(22)20-16(21-18)11-4-6-12(7-5-11)19(23)24-2/h4-7,10,16,21H,3,8-9H2,1-2H3,(H,20,22). The Hall–Kier alpha value is -2.34. The Kier molecular flexibility index (Phi) is 4.00. The Labute approximate surface area is 150 Å². The van der Waals surface area contributed by atoms with Gasteiger partial charge in [-0.25, -0.2) is 4.79 Å². The Balaban J connectivity index is 1.61. The van der Waals surface area contributed by atoms with E-state index in [1.165, 1.54) is 17.6 Å². The van der Waals surface area contributed by atoms with E-state index in [0.29, 0.717) is 11.5 Å². The fraction of sp³-hybridized carbons (Fsp3) is 0.368. The summed E-state index contributed by atoms with van der Waals surface area (Å²) < 4.78 is 4.72. The Morgan fingerprint density at radius 3 is 2.72 bits per heavy atom. The molecule has 1 aliphatic heterocycles. The summed E-state index contributed by atoms with van der Waals surface area (Å²) in [7, 11) is 1.36. The summed E-state index contributed by atoms with van der Waals surface area (Å²) in [6, 6.07) is 7.10. The van der Waals surface area contributed by atoms with Crippen molar-refractivity contribution in [3.63, 3.8) is 0 Å². The van der Waals surface area contributed by atoms with Gasteiger partial charge in [-0.2, -0.15) is 0 Å². The first-order valence-corrected chi connectivity index (χ1v) is 9.28. The average molecular weight is 356 g/mol. The number of benzene rings is 1. The maximum Gasteiger partial charge on any atom is 0.337 e. The number of hydrogen-bond donors (Lipinski definition) is 2. The number of nitrogens with one attached hydrogen (secondary N) is 2. The number of anilines is 1. The van der Waals surface area contributed by atoms with Crippen molar-refractivity contribution in [2.75, 3.05) is 12.4 Å². The number of esters is 1. The number of methoxy groups -OCH3 is 1. The second-order valence-corrected chi connectivity index (χ2v) is 7.83. The summed E-state index contributed by atoms with van der Waals surface area (Å²) in [4.78, 5) is 25.6. The molecule has 2 atom stereocenters. The summed E-state index contributed by atoms with van der Waals surface area (Å²) in [5, 5.41) is 7.45. The van der Waals surface area contributed by atoms with Crippen molar-refractivity contribution in [3.8, 4) is 0 Å². The molecule has 2 unspecified atom stereocenters. The van der Waals surface area contributed by atoms with Crippen LogP contribution in [0.5, 0.6) is 0 Å². The third kappa shape index (κ3) is 2.80. The highest BCUT2D eigenvalue weighted by Gasteiger charge is 2.33. The molecular formula is C19H20N2O3S. The number of hydrogen-bond acceptors (Lipinski definition) is 5. The number of carbonyl (C=O) groups excluding carboxylic acids is 2. The van der Waals surface area contributed by atoms with Crippen molar-refractivity contribution in [3.05, 3.63) is 51.4 Å². The molecule has 1 amide bonds. The number of rotatable bonds is 2. The minimum absolute atomic E-state index is 0.0113. The average Bonchev–Trinajstić information content (AvgIpc) is 2.98. The lowest BCUT2D eigenvalue weighted by molar-refractivity contribution is 0.0600. The van der Waals surface area contributed by atoms with Gasteiger partial charge in [-0.1, -0.05) is 19.1 Å². The van der Waals surface area contributed by atoms with Gasteiger partial charge in [0.2, 0.25) is 0 Å². The van der Waals surface area contributed by atoms with Crippen LogP contribution in [0, 0.1) is 5.92 Å². The molecule has 0 spiro atoms. The molecule has 0 fully saturated rings. The molecule has 2 aliphatic rings. The van der Waals surface area contributed by atoms with Crippen molar-refractivity contribution in [1.29, 1.82) is 0 Å². The summed E-state index contributed by atoms with van der Waals surface area (Å²) in [6.45, 7) is 2.26. The SMILES string of the molecule is COC(=O)c1ccc(C2NC(=O)c3c(sc4c3CCC(C)C4)N2)cc1. The van der Waals surface area contributed by atoms with E-state index in [2.05, 4.69) is 17.6 Å². The molecule has 0 saturated heterocycles. The van der Waals surface area contributed by atoms with Gasteiger partial charge in [0.1, 0.15) is 11.2 Å². The van der Waals surface area contributed by atoms with Crippen molar-refractivity contribution in [1.82, 2.24) is 5.32 Å². The van der Waals surface area contributed by atoms with Gasteiger partial charge in [-0.15, -0.1) is 11.3 Å². The summed E-state index contributed by atoms with van der Waals surface area (Å²) >= 11 is 1.71. The minimum atomic E-state index is -0.366. The first kappa shape index (κ1) is 16.1. The summed E-state index contributed by atoms with van der Waals surface area (Å²) in [5.41, 5.74) is 3.46. The Morgan fingerprint density at radius 1 is 1.24 bits per heavy atom. The van der Waals surface area contributed by atoms with Crippen LogP contribution in [0.3, 0.4) is 0 Å². The molecule has 0 radical (unpaired) electrons. The van der Waals surface area contributed by atoms with Crippen molar-refractivity contribution in [2.24, 2.45) is 5.92 Å². The van der Waals surface area contributed by atoms with E-state index in [1.54, 1.807) is 23.5 Å². The van der Waals surface area contributed by atoms with Crippen molar-refractivity contribution < 1.29 is 14.3 Å². The monoisotopic (exact) mass is 356 g/mol. The van der Waals surface area contributed by atoms with Gasteiger partial charge in [0.15, 0.2) is 0 Å². The zero-order valence-electron chi connectivity index (χ0n) is 14.2. The predicted molar refractivity (Wildman–Crippen MR) is 97.1 cm³/mol. The summed E-state index contributed by atoms with van der Waals surface area (Å²) in [5.74, 6) is 0.301. The van der Waals surface area contributed by atoms with E-state index in [9.17, 15) is 9.59 Å². The molecule has 1 aromatic carbocycles. The molecule has 5 nitrogen and oxygen atoms in total. The molecule has 6 heteroatoms. The van der Waals surface area contributed by atoms with Gasteiger partial charge in [-0.05, 0) is 48.4 Å². The maximum absolute atomic E-state index is 12.7. The molecule has 2 N–H and O–H groups in total. The second-order valence-electron chi connectivity index (χ2n) is 6.72. The van der Waals surface area contributed by atoms with E-state index in [1.807, 2.05) is 12.1 Å². The van der Waals surface area contributed by atoms with E-state index in [4.69, 9.17) is 4.74 Å². The van der Waals surface area contributed by atoms with Crippen LogP contribution < -0.4 is 10.6 Å². The van der Waals surface area contributed by atoms with E-state index in [-0.39, 0.29) is 18.0 Å². The van der Waals surface area contributed by atoms with E-state index >= 15 is 0 Å². The van der Waals surface area contributed by atoms with Crippen LogP contribution in [0.2, 0.25) is 0 Å². The molecule has 0 saturated carbocycles. The largest absolute Gasteiger partial charge is 0.465 e. The molecular weight excluding hydrogens is 336 g/mol. The van der Waals surface area contributed by atoms with Gasteiger partial charge >= 0.3 is 5.97 Å². The number of carbonyl (C=O) groups is 2. The quantitative estimate of drug-likeness (QED) is 0.808. The third-order valence-corrected chi connectivity index (χ3v) is 6.14. The van der Waals surface area contributed by atoms with Crippen LogP contribution in [0.4, 0.5) is 5.00 Å². The fourth-order valence-electron chi connectivity index (χ4n) is 3.56. The van der Waals surface area contributed by atoms with Crippen LogP contribution in [-0.4, -0.2) is 19.0 Å². The first-order chi connectivity index (χ1) is 12.1. The molecule has 130 valence electrons. The molecule has 1 aliphatic carbocycles. The molecule has 2 heterocycles. The van der Waals surface area contributed by atoms with Gasteiger partial charge in [0.05, 0.1) is 18.2 Å². The van der Waals surface area contributed by atoms with Crippen LogP contribution in [-0.2, 0) is 17.6 Å². The van der Waals surface area contributed by atoms with Gasteiger partial charge in [0, 0.05) is 4.88 Å². The topological polar surface area (TPSA) is 67.4 Å². The van der Waals surface area contributed by atoms with Gasteiger partial charge < -0.3 is 15.4 Å². The summed E-state index contributed by atoms with van der Waals surface area (Å²) in [6.07, 6.45) is 2.89. The van der Waals surface area contributed by atoms with Crippen molar-refractivity contribution >= 4 is 28.2 Å². The van der Waals surface area contributed by atoms with E-state index in [0.717, 1.165) is 35.4 Å². The normalized spacial score (nSPS) is 21.6. The third-order valence-electron chi connectivity index (χ3n) is 4.95. The highest BCUT2D eigenvalue weighted by molar-refractivity contribution is 7.16. The van der Waals surface area contributed by atoms with Gasteiger partial charge in [0.25, 0.3) is 5.91 Å². The van der Waals surface area contributed by atoms with Crippen LogP contribution >= 0.6 is 11.3 Å². The second kappa shape index (κ2) is 6.19. The smallest absolute Gasteiger partial charge is 0.337 e. The van der Waals surface area contributed by atoms with Crippen LogP contribution in [0.15, 0.2) is 24.3 Å². The molecule has 4 rings (SSSR count). The predicted octanol–water partition coefficient (Wildman–Crippen LogP) is 3.51. The Bertz CT molecular complexity index is 841. The number of amides is 1. The zero-order chi connectivity index (χ0) is 17.6. The number of thiophene rings is 1. The molecule has 0 bridgehead atoms. The van der Waals surface area contributed by atoms with E-state index < -0.39 is 0 Å². The lowest BCUT2D eigenvalue weighted by Gasteiger charge is -2.27. The first-order valence-electron chi connectivity index (χ1n) is 8.47. The highest BCUT2D eigenvalue weighted by atomic mass is 32.1. The Morgan fingerprint density at radius 2 is 2.00 bits per heavy atom. The lowest BCUT2D eigenvalue weighted by Crippen LogP contribution is -2.38. The molecule has 25 heavy (non-hydrogen) atoms. The molecule has 1 aromatic heterocycles. The minimum Gasteiger partial charge on any atom is -0.465 e.